The molecule has 0 heterocycles. The van der Waals surface area contributed by atoms with E-state index in [9.17, 15) is 0 Å². The Kier molecular flexibility index (Phi) is 53000. The van der Waals surface area contributed by atoms with Crippen molar-refractivity contribution in [3.63, 3.8) is 0 Å². The van der Waals surface area contributed by atoms with Gasteiger partial charge in [-0.2, -0.15) is 0 Å². The Morgan fingerprint density at radius 1 is 0.500 bits per heavy atom. The van der Waals surface area contributed by atoms with E-state index in [1.165, 1.54) is 0 Å². The maximum atomic E-state index is 0. The largest absolute Gasteiger partial charge is 4.00 e. The summed E-state index contributed by atoms with van der Waals surface area (Å²) in [5, 5.41) is 0. The van der Waals surface area contributed by atoms with Crippen LogP contribution < -0.4 is 0 Å². The molecule has 0 aliphatic carbocycles. The molecule has 40 valence electrons. The van der Waals surface area contributed by atoms with Gasteiger partial charge in [0, 0.05) is 0 Å². The van der Waals surface area contributed by atoms with Crippen molar-refractivity contribution in [1.82, 2.24) is 0 Å². The molecule has 0 bridgehead atoms. The van der Waals surface area contributed by atoms with Crippen molar-refractivity contribution in [3.8, 4) is 0 Å². The molecule has 6 heavy (non-hydrogen) atoms. The van der Waals surface area contributed by atoms with Crippen LogP contribution in [0, 0.1) is 0 Å². The first-order valence-corrected chi connectivity index (χ1v) is 0. The average Bonchev–Trinajstić information content (AvgIpc) is 0. The fraction of sp³-hybridized carbons (Fsp3) is 0. The summed E-state index contributed by atoms with van der Waals surface area (Å²) in [4.78, 5) is 0. The van der Waals surface area contributed by atoms with Gasteiger partial charge in [0.05, 0.1) is 0 Å². The molecule has 6 N–H and O–H groups in total. The third-order valence-electron chi connectivity index (χ3n) is 0. The molecule has 0 saturated heterocycles. The van der Waals surface area contributed by atoms with E-state index < -0.39 is 0 Å². The molecular formula is H6O5Ti. The van der Waals surface area contributed by atoms with Gasteiger partial charge in [0.15, 0.2) is 0 Å². The number of hydrogen-bond acceptors (Lipinski definition) is 0. The molecule has 0 rings (SSSR count). The number of rotatable bonds is 0. The Morgan fingerprint density at radius 2 is 0.500 bits per heavy atom. The van der Waals surface area contributed by atoms with Crippen LogP contribution in [0.5, 0.6) is 0 Å². The van der Waals surface area contributed by atoms with Gasteiger partial charge in [-0.1, -0.05) is 0 Å². The van der Waals surface area contributed by atoms with Crippen LogP contribution in [0.15, 0.2) is 0 Å². The summed E-state index contributed by atoms with van der Waals surface area (Å²) in [5.41, 5.74) is 0. The first-order valence-electron chi connectivity index (χ1n) is 0. The average molecular weight is 134 g/mol. The van der Waals surface area contributed by atoms with Crippen LogP contribution in [-0.4, -0.2) is 16.4 Å². The van der Waals surface area contributed by atoms with Crippen LogP contribution in [0.25, 0.3) is 0 Å². The van der Waals surface area contributed by atoms with Crippen LogP contribution in [0.3, 0.4) is 0 Å². The Hall–Kier alpha value is 0.514. The molecule has 6 heteroatoms. The van der Waals surface area contributed by atoms with E-state index in [0.29, 0.717) is 0 Å². The zero-order valence-corrected chi connectivity index (χ0v) is 4.38. The molecule has 0 atom stereocenters. The van der Waals surface area contributed by atoms with E-state index in [1.54, 1.807) is 0 Å². The third-order valence-corrected chi connectivity index (χ3v) is 0. The molecule has 0 spiro atoms. The van der Waals surface area contributed by atoms with Crippen molar-refractivity contribution in [1.29, 1.82) is 0 Å². The third kappa shape index (κ3) is 211. The second-order valence-corrected chi connectivity index (χ2v) is 0. The van der Waals surface area contributed by atoms with Crippen molar-refractivity contribution in [2.24, 2.45) is 0 Å². The summed E-state index contributed by atoms with van der Waals surface area (Å²) in [5.74, 6) is 0. The van der Waals surface area contributed by atoms with Crippen molar-refractivity contribution in [2.75, 3.05) is 0 Å². The smallest absolute Gasteiger partial charge is 2.00 e. The maximum absolute atomic E-state index is 0. The van der Waals surface area contributed by atoms with Crippen molar-refractivity contribution < 1.29 is 49.1 Å². The normalized spacial score (nSPS) is 0. The van der Waals surface area contributed by atoms with E-state index in [-0.39, 0.29) is 49.1 Å². The molecule has 0 saturated carbocycles. The Bertz CT molecular complexity index is 3.90. The van der Waals surface area contributed by atoms with Gasteiger partial charge in [0.1, 0.15) is 0 Å². The van der Waals surface area contributed by atoms with E-state index in [1.807, 2.05) is 0 Å². The van der Waals surface area contributed by atoms with E-state index >= 15 is 0 Å². The van der Waals surface area contributed by atoms with E-state index in [4.69, 9.17) is 0 Å². The second-order valence-electron chi connectivity index (χ2n) is 0. The molecule has 0 unspecified atom stereocenters. The fourth-order valence-electron chi connectivity index (χ4n) is 0. The Balaban J connectivity index is 0. The van der Waals surface area contributed by atoms with Gasteiger partial charge in [-0.25, -0.2) is 0 Å². The standard InChI is InChI=1S/3H2O.2O.Ti/h3*1H2;;;/q;;;2*-2;+4. The molecule has 0 aromatic heterocycles. The minimum absolute atomic E-state index is 0. The summed E-state index contributed by atoms with van der Waals surface area (Å²) < 4.78 is 0. The van der Waals surface area contributed by atoms with Gasteiger partial charge in [0.25, 0.3) is 0 Å². The summed E-state index contributed by atoms with van der Waals surface area (Å²) in [6.45, 7) is 0. The van der Waals surface area contributed by atoms with E-state index in [0.717, 1.165) is 0 Å². The van der Waals surface area contributed by atoms with Gasteiger partial charge in [0.2, 0.25) is 0 Å². The van der Waals surface area contributed by atoms with Crippen LogP contribution in [0.2, 0.25) is 0 Å². The minimum Gasteiger partial charge on any atom is -2.00 e. The first kappa shape index (κ1) is 749. The zero-order chi connectivity index (χ0) is 0. The first-order chi connectivity index (χ1) is 0. The monoisotopic (exact) mass is 134 g/mol. The summed E-state index contributed by atoms with van der Waals surface area (Å²) >= 11 is 0. The molecule has 0 aliphatic rings. The SMILES string of the molecule is O.O.O.[O-2].[O-2].[Ti+4]. The predicted octanol–water partition coefficient (Wildman–Crippen LogP) is -2.71. The molecule has 0 radical (unpaired) electrons. The van der Waals surface area contributed by atoms with Crippen molar-refractivity contribution in [3.05, 3.63) is 0 Å². The van der Waals surface area contributed by atoms with Gasteiger partial charge in [-0.3, -0.25) is 0 Å². The number of hydrogen-bond donors (Lipinski definition) is 0. The van der Waals surface area contributed by atoms with Gasteiger partial charge < -0.3 is 27.4 Å². The quantitative estimate of drug-likeness (QED) is 0.316. The van der Waals surface area contributed by atoms with Gasteiger partial charge in [-0.05, 0) is 0 Å². The molecule has 0 aliphatic heterocycles. The summed E-state index contributed by atoms with van der Waals surface area (Å²) in [6.07, 6.45) is 0. The fourth-order valence-corrected chi connectivity index (χ4v) is 0. The Morgan fingerprint density at radius 3 is 0.500 bits per heavy atom. The molecule has 0 aromatic carbocycles. The zero-order valence-electron chi connectivity index (χ0n) is 2.82. The minimum atomic E-state index is 0. The van der Waals surface area contributed by atoms with Crippen LogP contribution in [0.1, 0.15) is 0 Å². The van der Waals surface area contributed by atoms with Crippen molar-refractivity contribution >= 4 is 0 Å². The Labute approximate surface area is 49.8 Å². The van der Waals surface area contributed by atoms with E-state index in [2.05, 4.69) is 0 Å². The summed E-state index contributed by atoms with van der Waals surface area (Å²) in [7, 11) is 0. The molecule has 0 aromatic rings. The molecule has 0 fully saturated rings. The molecular weight excluding hydrogens is 128 g/mol. The molecule has 0 amide bonds. The second kappa shape index (κ2) is 425. The van der Waals surface area contributed by atoms with Gasteiger partial charge in [-0.15, -0.1) is 0 Å². The van der Waals surface area contributed by atoms with Crippen molar-refractivity contribution in [2.45, 2.75) is 0 Å². The topological polar surface area (TPSA) is 152 Å². The van der Waals surface area contributed by atoms with Crippen LogP contribution >= 0.6 is 0 Å². The van der Waals surface area contributed by atoms with Crippen LogP contribution in [0.4, 0.5) is 0 Å². The van der Waals surface area contributed by atoms with Gasteiger partial charge >= 0.3 is 21.7 Å². The van der Waals surface area contributed by atoms with Crippen LogP contribution in [-0.2, 0) is 32.7 Å². The predicted molar refractivity (Wildman–Crippen MR) is 12.2 cm³/mol. The summed E-state index contributed by atoms with van der Waals surface area (Å²) in [6, 6.07) is 0. The molecule has 5 nitrogen and oxygen atoms in total. The maximum Gasteiger partial charge on any atom is 4.00 e.